The second-order valence-electron chi connectivity index (χ2n) is 4.11. The molecule has 2 aromatic heterocycles. The third-order valence-corrected chi connectivity index (χ3v) is 2.33. The first-order valence-corrected chi connectivity index (χ1v) is 5.66. The van der Waals surface area contributed by atoms with E-state index in [1.54, 1.807) is 19.3 Å². The van der Waals surface area contributed by atoms with Crippen LogP contribution < -0.4 is 10.6 Å². The first-order chi connectivity index (χ1) is 8.63. The monoisotopic (exact) mass is 249 g/mol. The van der Waals surface area contributed by atoms with Gasteiger partial charge in [-0.2, -0.15) is 0 Å². The highest BCUT2D eigenvalue weighted by Gasteiger charge is 2.11. The summed E-state index contributed by atoms with van der Waals surface area (Å²) in [6.45, 7) is 3.66. The summed E-state index contributed by atoms with van der Waals surface area (Å²) in [5.41, 5.74) is 0. The molecule has 18 heavy (non-hydrogen) atoms. The SMILES string of the molecule is Cc1cc(NC(=O)N[C@H](C)Cc2ccco2)no1. The van der Waals surface area contributed by atoms with Crippen LogP contribution in [0.4, 0.5) is 10.6 Å². The second kappa shape index (κ2) is 5.39. The van der Waals surface area contributed by atoms with Gasteiger partial charge < -0.3 is 14.3 Å². The van der Waals surface area contributed by atoms with Crippen molar-refractivity contribution in [1.82, 2.24) is 10.5 Å². The zero-order valence-corrected chi connectivity index (χ0v) is 10.3. The Hall–Kier alpha value is -2.24. The van der Waals surface area contributed by atoms with Gasteiger partial charge in [-0.1, -0.05) is 5.16 Å². The number of hydrogen-bond donors (Lipinski definition) is 2. The molecule has 2 aromatic rings. The summed E-state index contributed by atoms with van der Waals surface area (Å²) in [6, 6.07) is 4.99. The summed E-state index contributed by atoms with van der Waals surface area (Å²) in [4.78, 5) is 11.6. The van der Waals surface area contributed by atoms with Crippen LogP contribution in [0, 0.1) is 6.92 Å². The van der Waals surface area contributed by atoms with E-state index in [1.807, 2.05) is 19.1 Å². The van der Waals surface area contributed by atoms with Gasteiger partial charge in [0.2, 0.25) is 0 Å². The van der Waals surface area contributed by atoms with Crippen LogP contribution in [-0.2, 0) is 6.42 Å². The van der Waals surface area contributed by atoms with E-state index in [-0.39, 0.29) is 12.1 Å². The maximum atomic E-state index is 11.6. The Balaban J connectivity index is 1.80. The maximum Gasteiger partial charge on any atom is 0.320 e. The van der Waals surface area contributed by atoms with Crippen LogP contribution in [0.1, 0.15) is 18.4 Å². The van der Waals surface area contributed by atoms with E-state index in [4.69, 9.17) is 8.94 Å². The fourth-order valence-electron chi connectivity index (χ4n) is 1.58. The van der Waals surface area contributed by atoms with Gasteiger partial charge >= 0.3 is 6.03 Å². The van der Waals surface area contributed by atoms with E-state index in [9.17, 15) is 4.79 Å². The summed E-state index contributed by atoms with van der Waals surface area (Å²) in [5, 5.41) is 9.05. The highest BCUT2D eigenvalue weighted by Crippen LogP contribution is 2.07. The lowest BCUT2D eigenvalue weighted by Crippen LogP contribution is -2.37. The summed E-state index contributed by atoms with van der Waals surface area (Å²) >= 11 is 0. The predicted molar refractivity (Wildman–Crippen MR) is 65.3 cm³/mol. The van der Waals surface area contributed by atoms with Crippen LogP contribution in [0.25, 0.3) is 0 Å². The van der Waals surface area contributed by atoms with Gasteiger partial charge in [-0.3, -0.25) is 5.32 Å². The summed E-state index contributed by atoms with van der Waals surface area (Å²) in [6.07, 6.45) is 2.25. The zero-order chi connectivity index (χ0) is 13.0. The van der Waals surface area contributed by atoms with Crippen molar-refractivity contribution in [1.29, 1.82) is 0 Å². The molecule has 0 aromatic carbocycles. The molecule has 2 N–H and O–H groups in total. The molecule has 2 amide bonds. The molecule has 6 nitrogen and oxygen atoms in total. The van der Waals surface area contributed by atoms with Crippen molar-refractivity contribution in [3.63, 3.8) is 0 Å². The molecule has 2 heterocycles. The van der Waals surface area contributed by atoms with Gasteiger partial charge in [0.25, 0.3) is 0 Å². The minimum absolute atomic E-state index is 0.0378. The number of rotatable bonds is 4. The fourth-order valence-corrected chi connectivity index (χ4v) is 1.58. The van der Waals surface area contributed by atoms with Crippen molar-refractivity contribution in [2.24, 2.45) is 0 Å². The van der Waals surface area contributed by atoms with Crippen molar-refractivity contribution in [2.45, 2.75) is 26.3 Å². The van der Waals surface area contributed by atoms with E-state index >= 15 is 0 Å². The topological polar surface area (TPSA) is 80.3 Å². The van der Waals surface area contributed by atoms with Crippen molar-refractivity contribution >= 4 is 11.8 Å². The van der Waals surface area contributed by atoms with Gasteiger partial charge in [-0.15, -0.1) is 0 Å². The molecule has 0 saturated carbocycles. The van der Waals surface area contributed by atoms with Gasteiger partial charge in [-0.05, 0) is 26.0 Å². The Labute approximate surface area is 104 Å². The second-order valence-corrected chi connectivity index (χ2v) is 4.11. The Morgan fingerprint density at radius 2 is 2.39 bits per heavy atom. The molecule has 6 heteroatoms. The summed E-state index contributed by atoms with van der Waals surface area (Å²) in [7, 11) is 0. The maximum absolute atomic E-state index is 11.6. The molecular weight excluding hydrogens is 234 g/mol. The number of urea groups is 1. The van der Waals surface area contributed by atoms with Crippen LogP contribution in [0.3, 0.4) is 0 Å². The smallest absolute Gasteiger partial charge is 0.320 e. The van der Waals surface area contributed by atoms with Crippen molar-refractivity contribution in [2.75, 3.05) is 5.32 Å². The molecule has 0 aliphatic carbocycles. The summed E-state index contributed by atoms with van der Waals surface area (Å²) in [5.74, 6) is 1.88. The number of aryl methyl sites for hydroxylation is 1. The largest absolute Gasteiger partial charge is 0.469 e. The third kappa shape index (κ3) is 3.38. The van der Waals surface area contributed by atoms with Crippen LogP contribution in [-0.4, -0.2) is 17.2 Å². The minimum Gasteiger partial charge on any atom is -0.469 e. The fraction of sp³-hybridized carbons (Fsp3) is 0.333. The normalized spacial score (nSPS) is 12.1. The zero-order valence-electron chi connectivity index (χ0n) is 10.3. The third-order valence-electron chi connectivity index (χ3n) is 2.33. The lowest BCUT2D eigenvalue weighted by molar-refractivity contribution is 0.248. The Bertz CT molecular complexity index is 504. The first kappa shape index (κ1) is 12.2. The van der Waals surface area contributed by atoms with Crippen LogP contribution in [0.2, 0.25) is 0 Å². The van der Waals surface area contributed by atoms with E-state index in [0.29, 0.717) is 18.0 Å². The lowest BCUT2D eigenvalue weighted by Gasteiger charge is -2.12. The van der Waals surface area contributed by atoms with Gasteiger partial charge in [-0.25, -0.2) is 4.79 Å². The molecule has 0 saturated heterocycles. The molecule has 96 valence electrons. The number of carbonyl (C=O) groups is 1. The average Bonchev–Trinajstić information content (AvgIpc) is 2.90. The van der Waals surface area contributed by atoms with E-state index < -0.39 is 0 Å². The quantitative estimate of drug-likeness (QED) is 0.871. The van der Waals surface area contributed by atoms with E-state index in [1.165, 1.54) is 0 Å². The number of amides is 2. The van der Waals surface area contributed by atoms with Gasteiger partial charge in [0.1, 0.15) is 11.5 Å². The van der Waals surface area contributed by atoms with E-state index in [2.05, 4.69) is 15.8 Å². The molecule has 2 rings (SSSR count). The molecule has 0 radical (unpaired) electrons. The Kier molecular flexibility index (Phi) is 3.66. The number of anilines is 1. The van der Waals surface area contributed by atoms with Crippen molar-refractivity contribution < 1.29 is 13.7 Å². The Morgan fingerprint density at radius 1 is 1.56 bits per heavy atom. The molecule has 1 atom stereocenters. The molecule has 0 fully saturated rings. The summed E-state index contributed by atoms with van der Waals surface area (Å²) < 4.78 is 10.1. The molecule has 0 spiro atoms. The number of aromatic nitrogens is 1. The number of nitrogens with one attached hydrogen (secondary N) is 2. The van der Waals surface area contributed by atoms with Crippen LogP contribution in [0.15, 0.2) is 33.4 Å². The lowest BCUT2D eigenvalue weighted by atomic mass is 10.2. The molecule has 0 bridgehead atoms. The molecule has 0 aliphatic rings. The van der Waals surface area contributed by atoms with Gasteiger partial charge in [0, 0.05) is 18.5 Å². The average molecular weight is 249 g/mol. The Morgan fingerprint density at radius 3 is 3.00 bits per heavy atom. The standard InChI is InChI=1S/C12H15N3O3/c1-8(6-10-4-3-5-17-10)13-12(16)14-11-7-9(2)18-15-11/h3-5,7-8H,6H2,1-2H3,(H2,13,14,15,16)/t8-/m1/s1. The number of furan rings is 1. The van der Waals surface area contributed by atoms with Crippen LogP contribution >= 0.6 is 0 Å². The number of nitrogens with zero attached hydrogens (tertiary/aromatic N) is 1. The van der Waals surface area contributed by atoms with E-state index in [0.717, 1.165) is 5.76 Å². The molecule has 0 unspecified atom stereocenters. The minimum atomic E-state index is -0.317. The number of hydrogen-bond acceptors (Lipinski definition) is 4. The highest BCUT2D eigenvalue weighted by molar-refractivity contribution is 5.88. The highest BCUT2D eigenvalue weighted by atomic mass is 16.5. The van der Waals surface area contributed by atoms with Gasteiger partial charge in [0.15, 0.2) is 5.82 Å². The predicted octanol–water partition coefficient (Wildman–Crippen LogP) is 2.33. The molecular formula is C12H15N3O3. The van der Waals surface area contributed by atoms with Crippen LogP contribution in [0.5, 0.6) is 0 Å². The van der Waals surface area contributed by atoms with Gasteiger partial charge in [0.05, 0.1) is 6.26 Å². The first-order valence-electron chi connectivity index (χ1n) is 5.66. The van der Waals surface area contributed by atoms with Crippen molar-refractivity contribution in [3.8, 4) is 0 Å². The number of carbonyl (C=O) groups excluding carboxylic acids is 1. The molecule has 0 aliphatic heterocycles. The van der Waals surface area contributed by atoms with Crippen molar-refractivity contribution in [3.05, 3.63) is 36.0 Å².